The maximum Gasteiger partial charge on any atom is 0.259 e. The molecule has 0 fully saturated rings. The lowest BCUT2D eigenvalue weighted by atomic mass is 10.00. The van der Waals surface area contributed by atoms with Gasteiger partial charge in [-0.15, -0.1) is 0 Å². The van der Waals surface area contributed by atoms with Crippen LogP contribution in [0.15, 0.2) is 96.6 Å². The van der Waals surface area contributed by atoms with Crippen LogP contribution in [0.25, 0.3) is 6.08 Å². The Morgan fingerprint density at radius 3 is 1.80 bits per heavy atom. The van der Waals surface area contributed by atoms with Crippen molar-refractivity contribution in [3.63, 3.8) is 0 Å². The second-order valence-electron chi connectivity index (χ2n) is 5.48. The van der Waals surface area contributed by atoms with Gasteiger partial charge in [0.1, 0.15) is 0 Å². The molecule has 0 atom stereocenters. The van der Waals surface area contributed by atoms with Crippen LogP contribution in [0.4, 0.5) is 5.69 Å². The summed E-state index contributed by atoms with van der Waals surface area (Å²) in [4.78, 5) is 25.6. The van der Waals surface area contributed by atoms with Gasteiger partial charge in [0, 0.05) is 11.3 Å². The average Bonchev–Trinajstić information content (AvgIpc) is 2.68. The molecule has 0 saturated carbocycles. The molecule has 3 heteroatoms. The number of Topliss-reactive ketones (excluding diaryl/α,β-unsaturated/α-hetero) is 1. The van der Waals surface area contributed by atoms with E-state index in [1.54, 1.807) is 42.5 Å². The minimum absolute atomic E-state index is 0.0984. The number of para-hydroxylation sites is 1. The Balaban J connectivity index is 1.96. The molecule has 0 radical (unpaired) electrons. The molecule has 1 N–H and O–H groups in total. The molecule has 0 unspecified atom stereocenters. The average molecular weight is 327 g/mol. The summed E-state index contributed by atoms with van der Waals surface area (Å²) < 4.78 is 0. The van der Waals surface area contributed by atoms with Gasteiger partial charge < -0.3 is 5.32 Å². The predicted octanol–water partition coefficient (Wildman–Crippen LogP) is 4.59. The molecule has 0 spiro atoms. The Morgan fingerprint density at radius 2 is 1.20 bits per heavy atom. The number of anilines is 1. The number of carbonyl (C=O) groups excluding carboxylic acids is 2. The van der Waals surface area contributed by atoms with Gasteiger partial charge in [-0.1, -0.05) is 78.9 Å². The fraction of sp³-hybridized carbons (Fsp3) is 0. The van der Waals surface area contributed by atoms with Gasteiger partial charge in [-0.25, -0.2) is 0 Å². The summed E-state index contributed by atoms with van der Waals surface area (Å²) >= 11 is 0. The lowest BCUT2D eigenvalue weighted by Crippen LogP contribution is -2.20. The molecule has 0 aromatic heterocycles. The van der Waals surface area contributed by atoms with Gasteiger partial charge in [0.2, 0.25) is 0 Å². The number of rotatable bonds is 5. The fourth-order valence-electron chi connectivity index (χ4n) is 2.42. The number of ketones is 1. The molecule has 25 heavy (non-hydrogen) atoms. The molecule has 1 amide bonds. The van der Waals surface area contributed by atoms with Crippen LogP contribution in [0.5, 0.6) is 0 Å². The van der Waals surface area contributed by atoms with E-state index < -0.39 is 5.91 Å². The van der Waals surface area contributed by atoms with Crippen molar-refractivity contribution in [3.8, 4) is 0 Å². The molecular formula is C22H17NO2. The highest BCUT2D eigenvalue weighted by Gasteiger charge is 2.20. The van der Waals surface area contributed by atoms with Crippen molar-refractivity contribution in [2.45, 2.75) is 0 Å². The van der Waals surface area contributed by atoms with E-state index in [0.29, 0.717) is 11.3 Å². The lowest BCUT2D eigenvalue weighted by Gasteiger charge is -2.09. The zero-order valence-corrected chi connectivity index (χ0v) is 13.6. The van der Waals surface area contributed by atoms with E-state index in [-0.39, 0.29) is 11.4 Å². The first-order chi connectivity index (χ1) is 12.2. The van der Waals surface area contributed by atoms with Gasteiger partial charge in [-0.05, 0) is 23.8 Å². The van der Waals surface area contributed by atoms with Crippen molar-refractivity contribution in [1.82, 2.24) is 0 Å². The van der Waals surface area contributed by atoms with E-state index in [1.165, 1.54) is 0 Å². The third-order valence-corrected chi connectivity index (χ3v) is 3.67. The fourth-order valence-corrected chi connectivity index (χ4v) is 2.42. The molecule has 0 saturated heterocycles. The van der Waals surface area contributed by atoms with E-state index in [1.807, 2.05) is 54.6 Å². The molecule has 122 valence electrons. The maximum atomic E-state index is 12.9. The molecule has 0 aliphatic carbocycles. The smallest absolute Gasteiger partial charge is 0.259 e. The van der Waals surface area contributed by atoms with Crippen LogP contribution < -0.4 is 5.32 Å². The first-order valence-corrected chi connectivity index (χ1v) is 7.97. The summed E-state index contributed by atoms with van der Waals surface area (Å²) in [5, 5.41) is 2.78. The second kappa shape index (κ2) is 7.88. The monoisotopic (exact) mass is 327 g/mol. The zero-order chi connectivity index (χ0) is 17.5. The summed E-state index contributed by atoms with van der Waals surface area (Å²) in [6.07, 6.45) is 1.62. The molecule has 3 nitrogen and oxygen atoms in total. The van der Waals surface area contributed by atoms with Crippen LogP contribution in [0.3, 0.4) is 0 Å². The van der Waals surface area contributed by atoms with E-state index in [9.17, 15) is 9.59 Å². The van der Waals surface area contributed by atoms with E-state index in [0.717, 1.165) is 5.56 Å². The van der Waals surface area contributed by atoms with Gasteiger partial charge in [0.05, 0.1) is 5.57 Å². The molecule has 0 heterocycles. The summed E-state index contributed by atoms with van der Waals surface area (Å²) in [5.41, 5.74) is 2.02. The van der Waals surface area contributed by atoms with Crippen molar-refractivity contribution in [1.29, 1.82) is 0 Å². The number of benzene rings is 3. The third kappa shape index (κ3) is 4.30. The molecule has 0 aliphatic rings. The number of carbonyl (C=O) groups is 2. The van der Waals surface area contributed by atoms with Crippen molar-refractivity contribution in [3.05, 3.63) is 108 Å². The number of hydrogen-bond acceptors (Lipinski definition) is 2. The molecule has 0 bridgehead atoms. The zero-order valence-electron chi connectivity index (χ0n) is 13.6. The summed E-state index contributed by atoms with van der Waals surface area (Å²) in [6.45, 7) is 0. The first kappa shape index (κ1) is 16.4. The van der Waals surface area contributed by atoms with Crippen LogP contribution in [0.1, 0.15) is 15.9 Å². The Morgan fingerprint density at radius 1 is 0.680 bits per heavy atom. The minimum Gasteiger partial charge on any atom is -0.322 e. The number of nitrogens with one attached hydrogen (secondary N) is 1. The van der Waals surface area contributed by atoms with E-state index in [2.05, 4.69) is 5.32 Å². The van der Waals surface area contributed by atoms with Crippen LogP contribution in [0.2, 0.25) is 0 Å². The van der Waals surface area contributed by atoms with Gasteiger partial charge in [0.25, 0.3) is 5.91 Å². The van der Waals surface area contributed by atoms with Crippen molar-refractivity contribution in [2.75, 3.05) is 5.32 Å². The normalized spacial score (nSPS) is 11.0. The van der Waals surface area contributed by atoms with Crippen LogP contribution >= 0.6 is 0 Å². The molecule has 3 aromatic rings. The highest BCUT2D eigenvalue weighted by Crippen LogP contribution is 2.16. The summed E-state index contributed by atoms with van der Waals surface area (Å²) in [6, 6.07) is 27.2. The molecule has 0 aliphatic heterocycles. The number of amides is 1. The first-order valence-electron chi connectivity index (χ1n) is 7.97. The van der Waals surface area contributed by atoms with Crippen LogP contribution in [-0.4, -0.2) is 11.7 Å². The quantitative estimate of drug-likeness (QED) is 0.322. The van der Waals surface area contributed by atoms with Crippen LogP contribution in [0, 0.1) is 0 Å². The third-order valence-electron chi connectivity index (χ3n) is 3.67. The van der Waals surface area contributed by atoms with Crippen molar-refractivity contribution < 1.29 is 9.59 Å². The SMILES string of the molecule is O=C(Nc1ccccc1)/C(=C/c1ccccc1)C(=O)c1ccccc1. The molecule has 3 rings (SSSR count). The second-order valence-corrected chi connectivity index (χ2v) is 5.48. The largest absolute Gasteiger partial charge is 0.322 e. The predicted molar refractivity (Wildman–Crippen MR) is 100 cm³/mol. The molecule has 3 aromatic carbocycles. The van der Waals surface area contributed by atoms with Gasteiger partial charge in [-0.3, -0.25) is 9.59 Å². The van der Waals surface area contributed by atoms with Crippen LogP contribution in [-0.2, 0) is 4.79 Å². The summed E-state index contributed by atoms with van der Waals surface area (Å²) in [7, 11) is 0. The van der Waals surface area contributed by atoms with E-state index in [4.69, 9.17) is 0 Å². The van der Waals surface area contributed by atoms with Gasteiger partial charge in [0.15, 0.2) is 5.78 Å². The summed E-state index contributed by atoms with van der Waals surface area (Å²) in [5.74, 6) is -0.734. The maximum absolute atomic E-state index is 12.9. The highest BCUT2D eigenvalue weighted by molar-refractivity contribution is 6.31. The Labute approximate surface area is 146 Å². The minimum atomic E-state index is -0.427. The van der Waals surface area contributed by atoms with Gasteiger partial charge in [-0.2, -0.15) is 0 Å². The Bertz CT molecular complexity index is 885. The molecular weight excluding hydrogens is 310 g/mol. The van der Waals surface area contributed by atoms with Crippen molar-refractivity contribution in [2.24, 2.45) is 0 Å². The lowest BCUT2D eigenvalue weighted by molar-refractivity contribution is -0.112. The van der Waals surface area contributed by atoms with Crippen molar-refractivity contribution >= 4 is 23.5 Å². The van der Waals surface area contributed by atoms with Gasteiger partial charge >= 0.3 is 0 Å². The Hall–Kier alpha value is -3.46. The standard InChI is InChI=1S/C22H17NO2/c24-21(18-12-6-2-7-13-18)20(16-17-10-4-1-5-11-17)22(25)23-19-14-8-3-9-15-19/h1-16H,(H,23,25)/b20-16+. The van der Waals surface area contributed by atoms with E-state index >= 15 is 0 Å². The topological polar surface area (TPSA) is 46.2 Å². The highest BCUT2D eigenvalue weighted by atomic mass is 16.2. The Kier molecular flexibility index (Phi) is 5.17. The number of hydrogen-bond donors (Lipinski definition) is 1.